The molecule has 0 radical (unpaired) electrons. The Kier molecular flexibility index (Phi) is 4.39. The van der Waals surface area contributed by atoms with Gasteiger partial charge in [-0.05, 0) is 37.5 Å². The molecular weight excluding hydrogens is 260 g/mol. The van der Waals surface area contributed by atoms with Crippen LogP contribution in [0.3, 0.4) is 0 Å². The Hall–Kier alpha value is -1.61. The number of fused-ring (bicyclic) bond motifs is 1. The Bertz CT molecular complexity index is 605. The molecule has 1 aliphatic carbocycles. The van der Waals surface area contributed by atoms with Gasteiger partial charge in [0, 0.05) is 18.0 Å². The van der Waals surface area contributed by atoms with Gasteiger partial charge in [-0.3, -0.25) is 0 Å². The van der Waals surface area contributed by atoms with Crippen molar-refractivity contribution in [2.45, 2.75) is 45.1 Å². The molecule has 1 aliphatic rings. The summed E-state index contributed by atoms with van der Waals surface area (Å²) >= 11 is 0. The second-order valence-electron chi connectivity index (χ2n) is 6.03. The van der Waals surface area contributed by atoms with Gasteiger partial charge in [0.2, 0.25) is 0 Å². The van der Waals surface area contributed by atoms with E-state index in [1.165, 1.54) is 43.1 Å². The Balaban J connectivity index is 1.99. The molecule has 112 valence electrons. The molecule has 1 aromatic carbocycles. The Morgan fingerprint density at radius 3 is 2.71 bits per heavy atom. The molecule has 1 aromatic heterocycles. The Morgan fingerprint density at radius 1 is 1.19 bits per heavy atom. The summed E-state index contributed by atoms with van der Waals surface area (Å²) in [6.07, 6.45) is 6.36. The Morgan fingerprint density at radius 2 is 1.95 bits per heavy atom. The van der Waals surface area contributed by atoms with Crippen molar-refractivity contribution in [1.82, 2.24) is 4.98 Å². The second kappa shape index (κ2) is 6.44. The van der Waals surface area contributed by atoms with Gasteiger partial charge in [0.25, 0.3) is 0 Å². The van der Waals surface area contributed by atoms with Crippen LogP contribution in [0.1, 0.15) is 37.7 Å². The van der Waals surface area contributed by atoms with Crippen molar-refractivity contribution in [3.63, 3.8) is 0 Å². The minimum atomic E-state index is 0.185. The van der Waals surface area contributed by atoms with Crippen molar-refractivity contribution in [3.8, 4) is 0 Å². The standard InChI is InChI=1S/C18H24N2O/c1-14-13-15-7-5-6-10-17(15)19-18(14)20(11-12-21)16-8-3-2-4-9-16/h5-7,10,13,16,21H,2-4,8-9,11-12H2,1H3. The highest BCUT2D eigenvalue weighted by Gasteiger charge is 2.23. The number of aromatic nitrogens is 1. The molecule has 1 heterocycles. The summed E-state index contributed by atoms with van der Waals surface area (Å²) in [5.74, 6) is 1.05. The number of aryl methyl sites for hydroxylation is 1. The number of rotatable bonds is 4. The quantitative estimate of drug-likeness (QED) is 0.930. The summed E-state index contributed by atoms with van der Waals surface area (Å²) in [4.78, 5) is 7.22. The molecule has 0 atom stereocenters. The zero-order valence-corrected chi connectivity index (χ0v) is 12.8. The highest BCUT2D eigenvalue weighted by atomic mass is 16.3. The van der Waals surface area contributed by atoms with Crippen LogP contribution in [0.25, 0.3) is 10.9 Å². The van der Waals surface area contributed by atoms with Crippen LogP contribution in [0.15, 0.2) is 30.3 Å². The summed E-state index contributed by atoms with van der Waals surface area (Å²) in [5.41, 5.74) is 2.24. The fourth-order valence-corrected chi connectivity index (χ4v) is 3.46. The summed E-state index contributed by atoms with van der Waals surface area (Å²) in [6.45, 7) is 2.99. The smallest absolute Gasteiger partial charge is 0.132 e. The molecular formula is C18H24N2O. The third-order valence-corrected chi connectivity index (χ3v) is 4.52. The number of hydrogen-bond acceptors (Lipinski definition) is 3. The van der Waals surface area contributed by atoms with Crippen molar-refractivity contribution in [3.05, 3.63) is 35.9 Å². The van der Waals surface area contributed by atoms with Crippen molar-refractivity contribution in [2.24, 2.45) is 0 Å². The largest absolute Gasteiger partial charge is 0.395 e. The molecule has 3 rings (SSSR count). The maximum atomic E-state index is 9.46. The monoisotopic (exact) mass is 284 g/mol. The lowest BCUT2D eigenvalue weighted by atomic mass is 9.94. The molecule has 1 saturated carbocycles. The first-order chi connectivity index (χ1) is 10.3. The van der Waals surface area contributed by atoms with E-state index in [0.29, 0.717) is 12.6 Å². The number of anilines is 1. The van der Waals surface area contributed by atoms with E-state index < -0.39 is 0 Å². The minimum Gasteiger partial charge on any atom is -0.395 e. The molecule has 0 bridgehead atoms. The first kappa shape index (κ1) is 14.3. The number of benzene rings is 1. The van der Waals surface area contributed by atoms with E-state index >= 15 is 0 Å². The van der Waals surface area contributed by atoms with Crippen LogP contribution < -0.4 is 4.90 Å². The average Bonchev–Trinajstić information content (AvgIpc) is 2.53. The van der Waals surface area contributed by atoms with E-state index in [0.717, 1.165) is 11.3 Å². The number of hydrogen-bond donors (Lipinski definition) is 1. The van der Waals surface area contributed by atoms with Gasteiger partial charge < -0.3 is 10.0 Å². The lowest BCUT2D eigenvalue weighted by molar-refractivity contribution is 0.289. The molecule has 0 aliphatic heterocycles. The molecule has 1 fully saturated rings. The third kappa shape index (κ3) is 3.03. The molecule has 0 spiro atoms. The van der Waals surface area contributed by atoms with Crippen LogP contribution in [0.5, 0.6) is 0 Å². The lowest BCUT2D eigenvalue weighted by Crippen LogP contribution is -2.39. The van der Waals surface area contributed by atoms with Gasteiger partial charge in [-0.1, -0.05) is 37.5 Å². The SMILES string of the molecule is Cc1cc2ccccc2nc1N(CCO)C1CCCCC1. The zero-order valence-electron chi connectivity index (χ0n) is 12.8. The third-order valence-electron chi connectivity index (χ3n) is 4.52. The summed E-state index contributed by atoms with van der Waals surface area (Å²) in [6, 6.07) is 11.0. The molecule has 0 unspecified atom stereocenters. The van der Waals surface area contributed by atoms with Crippen LogP contribution in [0.4, 0.5) is 5.82 Å². The van der Waals surface area contributed by atoms with Crippen LogP contribution >= 0.6 is 0 Å². The van der Waals surface area contributed by atoms with Gasteiger partial charge in [-0.15, -0.1) is 0 Å². The van der Waals surface area contributed by atoms with Gasteiger partial charge in [0.15, 0.2) is 0 Å². The number of nitrogens with zero attached hydrogens (tertiary/aromatic N) is 2. The second-order valence-corrected chi connectivity index (χ2v) is 6.03. The summed E-state index contributed by atoms with van der Waals surface area (Å²) in [7, 11) is 0. The predicted molar refractivity (Wildman–Crippen MR) is 87.8 cm³/mol. The van der Waals surface area contributed by atoms with Crippen molar-refractivity contribution in [2.75, 3.05) is 18.1 Å². The normalized spacial score (nSPS) is 16.3. The van der Waals surface area contributed by atoms with Gasteiger partial charge in [0.05, 0.1) is 12.1 Å². The first-order valence-corrected chi connectivity index (χ1v) is 8.03. The molecule has 0 amide bonds. The summed E-state index contributed by atoms with van der Waals surface area (Å²) < 4.78 is 0. The van der Waals surface area contributed by atoms with Crippen LogP contribution in [0.2, 0.25) is 0 Å². The fraction of sp³-hybridized carbons (Fsp3) is 0.500. The van der Waals surface area contributed by atoms with Crippen molar-refractivity contribution < 1.29 is 5.11 Å². The van der Waals surface area contributed by atoms with Gasteiger partial charge in [-0.25, -0.2) is 4.98 Å². The minimum absolute atomic E-state index is 0.185. The number of para-hydroxylation sites is 1. The molecule has 21 heavy (non-hydrogen) atoms. The highest BCUT2D eigenvalue weighted by Crippen LogP contribution is 2.29. The van der Waals surface area contributed by atoms with E-state index in [1.54, 1.807) is 0 Å². The topological polar surface area (TPSA) is 36.4 Å². The van der Waals surface area contributed by atoms with E-state index in [-0.39, 0.29) is 6.61 Å². The fourth-order valence-electron chi connectivity index (χ4n) is 3.46. The van der Waals surface area contributed by atoms with E-state index in [4.69, 9.17) is 4.98 Å². The number of aliphatic hydroxyl groups excluding tert-OH is 1. The van der Waals surface area contributed by atoms with Crippen LogP contribution in [0, 0.1) is 6.92 Å². The summed E-state index contributed by atoms with van der Waals surface area (Å²) in [5, 5.41) is 10.6. The maximum absolute atomic E-state index is 9.46. The van der Waals surface area contributed by atoms with Crippen LogP contribution in [-0.2, 0) is 0 Å². The average molecular weight is 284 g/mol. The predicted octanol–water partition coefficient (Wildman–Crippen LogP) is 3.67. The van der Waals surface area contributed by atoms with Crippen molar-refractivity contribution in [1.29, 1.82) is 0 Å². The van der Waals surface area contributed by atoms with Gasteiger partial charge in [0.1, 0.15) is 5.82 Å². The van der Waals surface area contributed by atoms with Gasteiger partial charge >= 0.3 is 0 Å². The molecule has 2 aromatic rings. The van der Waals surface area contributed by atoms with E-state index in [1.807, 2.05) is 6.07 Å². The van der Waals surface area contributed by atoms with E-state index in [9.17, 15) is 5.11 Å². The van der Waals surface area contributed by atoms with Crippen LogP contribution in [-0.4, -0.2) is 29.3 Å². The number of aliphatic hydroxyl groups is 1. The van der Waals surface area contributed by atoms with Crippen molar-refractivity contribution >= 4 is 16.7 Å². The first-order valence-electron chi connectivity index (χ1n) is 8.03. The molecule has 3 nitrogen and oxygen atoms in total. The highest BCUT2D eigenvalue weighted by molar-refractivity contribution is 5.81. The molecule has 0 saturated heterocycles. The molecule has 3 heteroatoms. The van der Waals surface area contributed by atoms with Gasteiger partial charge in [-0.2, -0.15) is 0 Å². The maximum Gasteiger partial charge on any atom is 0.132 e. The zero-order chi connectivity index (χ0) is 14.7. The number of pyridine rings is 1. The lowest BCUT2D eigenvalue weighted by Gasteiger charge is -2.36. The van der Waals surface area contributed by atoms with E-state index in [2.05, 4.69) is 36.1 Å². The molecule has 1 N–H and O–H groups in total. The Labute approximate surface area is 126 Å².